The fraction of sp³-hybridized carbons (Fsp3) is 0.500. The molecular weight excluding hydrogens is 344 g/mol. The first-order chi connectivity index (χ1) is 12.5. The molecule has 26 heavy (non-hydrogen) atoms. The lowest BCUT2D eigenvalue weighted by molar-refractivity contribution is -0.117. The number of amides is 1. The quantitative estimate of drug-likeness (QED) is 0.875. The van der Waals surface area contributed by atoms with Crippen LogP contribution in [0.15, 0.2) is 17.5 Å². The fourth-order valence-corrected chi connectivity index (χ4v) is 4.04. The highest BCUT2D eigenvalue weighted by Crippen LogP contribution is 2.29. The second-order valence-electron chi connectivity index (χ2n) is 7.05. The Hall–Kier alpha value is -1.76. The number of nitrogens with one attached hydrogen (secondary N) is 1. The smallest absolute Gasteiger partial charge is 0.240 e. The van der Waals surface area contributed by atoms with Crippen molar-refractivity contribution in [2.24, 2.45) is 0 Å². The summed E-state index contributed by atoms with van der Waals surface area (Å²) in [4.78, 5) is 21.6. The van der Waals surface area contributed by atoms with Crippen LogP contribution in [0.2, 0.25) is 0 Å². The molecule has 2 heterocycles. The van der Waals surface area contributed by atoms with Gasteiger partial charge in [-0.05, 0) is 50.1 Å². The molecule has 1 amide bonds. The van der Waals surface area contributed by atoms with Crippen LogP contribution < -0.4 is 5.32 Å². The summed E-state index contributed by atoms with van der Waals surface area (Å²) in [6.07, 6.45) is 0. The molecule has 140 valence electrons. The number of anilines is 1. The molecule has 1 aliphatic heterocycles. The van der Waals surface area contributed by atoms with E-state index in [1.807, 2.05) is 5.38 Å². The predicted octanol–water partition coefficient (Wildman–Crippen LogP) is 3.31. The number of benzene rings is 1. The molecule has 1 aromatic carbocycles. The minimum Gasteiger partial charge on any atom is -0.301 e. The minimum absolute atomic E-state index is 0.0210. The Labute approximate surface area is 160 Å². The average molecular weight is 373 g/mol. The summed E-state index contributed by atoms with van der Waals surface area (Å²) in [6, 6.07) is 4.37. The number of carbonyl (C=O) groups excluding carboxylic acids is 1. The van der Waals surface area contributed by atoms with Gasteiger partial charge in [0, 0.05) is 37.1 Å². The molecule has 1 aromatic heterocycles. The van der Waals surface area contributed by atoms with E-state index >= 15 is 0 Å². The van der Waals surface area contributed by atoms with E-state index in [0.29, 0.717) is 11.7 Å². The first-order valence-corrected chi connectivity index (χ1v) is 10.1. The Morgan fingerprint density at radius 1 is 1.08 bits per heavy atom. The van der Waals surface area contributed by atoms with E-state index in [1.54, 1.807) is 0 Å². The monoisotopic (exact) mass is 372 g/mol. The third-order valence-electron chi connectivity index (χ3n) is 5.15. The van der Waals surface area contributed by atoms with Crippen LogP contribution in [0.4, 0.5) is 5.13 Å². The molecule has 1 N–H and O–H groups in total. The summed E-state index contributed by atoms with van der Waals surface area (Å²) in [5, 5.41) is 5.66. The summed E-state index contributed by atoms with van der Waals surface area (Å²) >= 11 is 1.49. The van der Waals surface area contributed by atoms with E-state index in [2.05, 4.69) is 59.9 Å². The number of aryl methyl sites for hydroxylation is 3. The van der Waals surface area contributed by atoms with Gasteiger partial charge in [-0.3, -0.25) is 9.69 Å². The summed E-state index contributed by atoms with van der Waals surface area (Å²) in [6.45, 7) is 14.0. The molecule has 1 aliphatic rings. The summed E-state index contributed by atoms with van der Waals surface area (Å²) in [7, 11) is 0. The van der Waals surface area contributed by atoms with Crippen LogP contribution in [0.1, 0.15) is 23.6 Å². The summed E-state index contributed by atoms with van der Waals surface area (Å²) in [5.74, 6) is 0.0210. The first-order valence-electron chi connectivity index (χ1n) is 9.24. The highest BCUT2D eigenvalue weighted by Gasteiger charge is 2.18. The molecule has 0 spiro atoms. The molecule has 2 aromatic rings. The van der Waals surface area contributed by atoms with E-state index in [9.17, 15) is 4.79 Å². The molecule has 5 nitrogen and oxygen atoms in total. The van der Waals surface area contributed by atoms with Crippen molar-refractivity contribution in [3.8, 4) is 11.3 Å². The van der Waals surface area contributed by atoms with E-state index in [1.165, 1.54) is 28.0 Å². The van der Waals surface area contributed by atoms with Crippen LogP contribution >= 0.6 is 11.3 Å². The Kier molecular flexibility index (Phi) is 6.06. The number of carbonyl (C=O) groups is 1. The third kappa shape index (κ3) is 4.50. The second kappa shape index (κ2) is 8.29. The normalized spacial score (nSPS) is 16.0. The molecule has 0 saturated carbocycles. The molecule has 1 fully saturated rings. The zero-order valence-corrected chi connectivity index (χ0v) is 16.9. The van der Waals surface area contributed by atoms with Gasteiger partial charge in [-0.2, -0.15) is 0 Å². The van der Waals surface area contributed by atoms with Gasteiger partial charge in [0.15, 0.2) is 5.13 Å². The third-order valence-corrected chi connectivity index (χ3v) is 5.90. The second-order valence-corrected chi connectivity index (χ2v) is 7.91. The molecule has 0 aliphatic carbocycles. The van der Waals surface area contributed by atoms with E-state index < -0.39 is 0 Å². The van der Waals surface area contributed by atoms with Crippen molar-refractivity contribution in [3.63, 3.8) is 0 Å². The van der Waals surface area contributed by atoms with Crippen LogP contribution in [-0.2, 0) is 4.79 Å². The average Bonchev–Trinajstić information content (AvgIpc) is 3.06. The maximum Gasteiger partial charge on any atom is 0.240 e. The van der Waals surface area contributed by atoms with Gasteiger partial charge in [-0.1, -0.05) is 13.0 Å². The van der Waals surface area contributed by atoms with Gasteiger partial charge >= 0.3 is 0 Å². The van der Waals surface area contributed by atoms with E-state index in [-0.39, 0.29) is 5.91 Å². The van der Waals surface area contributed by atoms with Gasteiger partial charge in [0.05, 0.1) is 12.2 Å². The van der Waals surface area contributed by atoms with Gasteiger partial charge in [0.1, 0.15) is 0 Å². The minimum atomic E-state index is 0.0210. The van der Waals surface area contributed by atoms with Gasteiger partial charge in [-0.15, -0.1) is 11.3 Å². The molecule has 0 radical (unpaired) electrons. The summed E-state index contributed by atoms with van der Waals surface area (Å²) in [5.41, 5.74) is 5.83. The Bertz CT molecular complexity index is 778. The zero-order valence-electron chi connectivity index (χ0n) is 16.1. The number of nitrogens with zero attached hydrogens (tertiary/aromatic N) is 3. The SMILES string of the molecule is CCN1CCN(CC(=O)Nc2nc(-c3cc(C)c(C)cc3C)cs2)CC1. The van der Waals surface area contributed by atoms with Crippen LogP contribution in [0, 0.1) is 20.8 Å². The molecule has 6 heteroatoms. The number of likely N-dealkylation sites (N-methyl/N-ethyl adjacent to an activating group) is 1. The maximum absolute atomic E-state index is 12.3. The van der Waals surface area contributed by atoms with Crippen LogP contribution in [0.3, 0.4) is 0 Å². The number of aromatic nitrogens is 1. The van der Waals surface area contributed by atoms with Crippen molar-refractivity contribution in [2.75, 3.05) is 44.6 Å². The molecule has 0 atom stereocenters. The van der Waals surface area contributed by atoms with Crippen molar-refractivity contribution in [3.05, 3.63) is 34.2 Å². The van der Waals surface area contributed by atoms with Crippen LogP contribution in [0.5, 0.6) is 0 Å². The van der Waals surface area contributed by atoms with Gasteiger partial charge in [-0.25, -0.2) is 4.98 Å². The van der Waals surface area contributed by atoms with E-state index in [4.69, 9.17) is 0 Å². The van der Waals surface area contributed by atoms with Crippen molar-refractivity contribution in [2.45, 2.75) is 27.7 Å². The predicted molar refractivity (Wildman–Crippen MR) is 109 cm³/mol. The zero-order chi connectivity index (χ0) is 18.7. The van der Waals surface area contributed by atoms with Gasteiger partial charge in [0.25, 0.3) is 0 Å². The largest absolute Gasteiger partial charge is 0.301 e. The highest BCUT2D eigenvalue weighted by molar-refractivity contribution is 7.14. The molecule has 0 bridgehead atoms. The van der Waals surface area contributed by atoms with Crippen LogP contribution in [-0.4, -0.2) is 60.0 Å². The fourth-order valence-electron chi connectivity index (χ4n) is 3.32. The number of piperazine rings is 1. The Morgan fingerprint density at radius 2 is 1.73 bits per heavy atom. The topological polar surface area (TPSA) is 48.5 Å². The van der Waals surface area contributed by atoms with Crippen molar-refractivity contribution >= 4 is 22.4 Å². The number of hydrogen-bond donors (Lipinski definition) is 1. The number of thiazole rings is 1. The Balaban J connectivity index is 1.60. The molecule has 3 rings (SSSR count). The first kappa shape index (κ1) is 19.0. The maximum atomic E-state index is 12.3. The molecule has 0 unspecified atom stereocenters. The lowest BCUT2D eigenvalue weighted by atomic mass is 9.99. The lowest BCUT2D eigenvalue weighted by Gasteiger charge is -2.33. The van der Waals surface area contributed by atoms with Gasteiger partial charge < -0.3 is 10.2 Å². The lowest BCUT2D eigenvalue weighted by Crippen LogP contribution is -2.48. The highest BCUT2D eigenvalue weighted by atomic mass is 32.1. The number of rotatable bonds is 5. The van der Waals surface area contributed by atoms with Gasteiger partial charge in [0.2, 0.25) is 5.91 Å². The van der Waals surface area contributed by atoms with Crippen molar-refractivity contribution < 1.29 is 4.79 Å². The van der Waals surface area contributed by atoms with Crippen LogP contribution in [0.25, 0.3) is 11.3 Å². The number of hydrogen-bond acceptors (Lipinski definition) is 5. The van der Waals surface area contributed by atoms with Crippen molar-refractivity contribution in [1.29, 1.82) is 0 Å². The summed E-state index contributed by atoms with van der Waals surface area (Å²) < 4.78 is 0. The van der Waals surface area contributed by atoms with Crippen molar-refractivity contribution in [1.82, 2.24) is 14.8 Å². The molecular formula is C20H28N4OS. The van der Waals surface area contributed by atoms with E-state index in [0.717, 1.165) is 44.0 Å². The molecule has 1 saturated heterocycles. The standard InChI is InChI=1S/C20H28N4OS/c1-5-23-6-8-24(9-7-23)12-19(25)22-20-21-18(13-26-20)17-11-15(3)14(2)10-16(17)4/h10-11,13H,5-9,12H2,1-4H3,(H,21,22,25). The Morgan fingerprint density at radius 3 is 2.42 bits per heavy atom.